The summed E-state index contributed by atoms with van der Waals surface area (Å²) in [7, 11) is 1.53. The van der Waals surface area contributed by atoms with Crippen LogP contribution < -0.4 is 5.73 Å². The van der Waals surface area contributed by atoms with Gasteiger partial charge in [-0.2, -0.15) is 0 Å². The molecule has 0 aromatic heterocycles. The molecule has 1 amide bonds. The summed E-state index contributed by atoms with van der Waals surface area (Å²) in [5.74, 6) is -0.0261. The Morgan fingerprint density at radius 1 is 1.39 bits per heavy atom. The number of hydrogen-bond acceptors (Lipinski definition) is 3. The van der Waals surface area contributed by atoms with Crippen LogP contribution in [-0.4, -0.2) is 37.1 Å². The number of hydrogen-bond donors (Lipinski definition) is 1. The SMILES string of the molecule is COC(C)C(=O)N(CCN)Cc1ccccc1.Cl. The summed E-state index contributed by atoms with van der Waals surface area (Å²) in [5.41, 5.74) is 6.62. The van der Waals surface area contributed by atoms with Gasteiger partial charge in [0.25, 0.3) is 5.91 Å². The summed E-state index contributed by atoms with van der Waals surface area (Å²) >= 11 is 0. The Kier molecular flexibility index (Phi) is 8.37. The third kappa shape index (κ3) is 5.04. The van der Waals surface area contributed by atoms with Crippen molar-refractivity contribution in [2.75, 3.05) is 20.2 Å². The van der Waals surface area contributed by atoms with Gasteiger partial charge in [-0.15, -0.1) is 12.4 Å². The average molecular weight is 273 g/mol. The predicted octanol–water partition coefficient (Wildman–Crippen LogP) is 1.43. The predicted molar refractivity (Wildman–Crippen MR) is 74.6 cm³/mol. The lowest BCUT2D eigenvalue weighted by molar-refractivity contribution is -0.141. The largest absolute Gasteiger partial charge is 0.372 e. The van der Waals surface area contributed by atoms with E-state index in [1.165, 1.54) is 7.11 Å². The lowest BCUT2D eigenvalue weighted by atomic mass is 10.2. The van der Waals surface area contributed by atoms with Crippen LogP contribution in [0.15, 0.2) is 30.3 Å². The molecule has 0 aliphatic carbocycles. The van der Waals surface area contributed by atoms with Gasteiger partial charge in [-0.25, -0.2) is 0 Å². The second kappa shape index (κ2) is 8.91. The number of ether oxygens (including phenoxy) is 1. The first-order valence-corrected chi connectivity index (χ1v) is 5.74. The molecule has 1 aromatic rings. The Morgan fingerprint density at radius 2 is 2.00 bits per heavy atom. The fraction of sp³-hybridized carbons (Fsp3) is 0.462. The Morgan fingerprint density at radius 3 is 2.50 bits per heavy atom. The molecule has 1 atom stereocenters. The Labute approximate surface area is 115 Å². The number of carbonyl (C=O) groups excluding carboxylic acids is 1. The molecule has 0 fully saturated rings. The minimum absolute atomic E-state index is 0. The zero-order valence-corrected chi connectivity index (χ0v) is 11.7. The molecule has 0 aliphatic rings. The number of methoxy groups -OCH3 is 1. The van der Waals surface area contributed by atoms with Crippen molar-refractivity contribution in [1.82, 2.24) is 4.90 Å². The van der Waals surface area contributed by atoms with E-state index in [4.69, 9.17) is 10.5 Å². The van der Waals surface area contributed by atoms with Crippen LogP contribution in [0.4, 0.5) is 0 Å². The molecule has 0 spiro atoms. The van der Waals surface area contributed by atoms with Gasteiger partial charge in [0.05, 0.1) is 0 Å². The second-order valence-corrected chi connectivity index (χ2v) is 3.91. The van der Waals surface area contributed by atoms with E-state index in [2.05, 4.69) is 0 Å². The van der Waals surface area contributed by atoms with E-state index in [-0.39, 0.29) is 18.3 Å². The summed E-state index contributed by atoms with van der Waals surface area (Å²) in [6, 6.07) is 9.86. The van der Waals surface area contributed by atoms with Gasteiger partial charge in [0, 0.05) is 26.7 Å². The molecular formula is C13H21ClN2O2. The first kappa shape index (κ1) is 16.9. The molecule has 0 heterocycles. The highest BCUT2D eigenvalue weighted by Crippen LogP contribution is 2.06. The van der Waals surface area contributed by atoms with Gasteiger partial charge < -0.3 is 15.4 Å². The monoisotopic (exact) mass is 272 g/mol. The van der Waals surface area contributed by atoms with Gasteiger partial charge in [-0.3, -0.25) is 4.79 Å². The van der Waals surface area contributed by atoms with Gasteiger partial charge in [0.1, 0.15) is 6.10 Å². The summed E-state index contributed by atoms with van der Waals surface area (Å²) in [6.07, 6.45) is -0.426. The summed E-state index contributed by atoms with van der Waals surface area (Å²) < 4.78 is 5.04. The molecule has 0 saturated heterocycles. The van der Waals surface area contributed by atoms with Crippen molar-refractivity contribution in [1.29, 1.82) is 0 Å². The zero-order valence-electron chi connectivity index (χ0n) is 10.8. The topological polar surface area (TPSA) is 55.6 Å². The van der Waals surface area contributed by atoms with Crippen LogP contribution in [0.1, 0.15) is 12.5 Å². The van der Waals surface area contributed by atoms with E-state index in [1.807, 2.05) is 30.3 Å². The number of nitrogens with two attached hydrogens (primary N) is 1. The maximum Gasteiger partial charge on any atom is 0.251 e. The Balaban J connectivity index is 0.00000289. The van der Waals surface area contributed by atoms with E-state index in [0.29, 0.717) is 19.6 Å². The van der Waals surface area contributed by atoms with Crippen molar-refractivity contribution in [2.45, 2.75) is 19.6 Å². The molecule has 0 radical (unpaired) electrons. The first-order valence-electron chi connectivity index (χ1n) is 5.74. The molecule has 102 valence electrons. The highest BCUT2D eigenvalue weighted by Gasteiger charge is 2.19. The van der Waals surface area contributed by atoms with Crippen molar-refractivity contribution in [2.24, 2.45) is 5.73 Å². The van der Waals surface area contributed by atoms with Crippen molar-refractivity contribution in [3.63, 3.8) is 0 Å². The van der Waals surface area contributed by atoms with Crippen LogP contribution in [0.25, 0.3) is 0 Å². The van der Waals surface area contributed by atoms with Crippen LogP contribution >= 0.6 is 12.4 Å². The molecule has 1 unspecified atom stereocenters. The van der Waals surface area contributed by atoms with E-state index in [9.17, 15) is 4.79 Å². The standard InChI is InChI=1S/C13H20N2O2.ClH/c1-11(17-2)13(16)15(9-8-14)10-12-6-4-3-5-7-12;/h3-7,11H,8-10,14H2,1-2H3;1H. The highest BCUT2D eigenvalue weighted by atomic mass is 35.5. The molecule has 0 bridgehead atoms. The maximum atomic E-state index is 12.0. The lowest BCUT2D eigenvalue weighted by Crippen LogP contribution is -2.41. The Hall–Kier alpha value is -1.10. The molecule has 4 nitrogen and oxygen atoms in total. The normalized spacial score (nSPS) is 11.5. The van der Waals surface area contributed by atoms with Gasteiger partial charge in [-0.1, -0.05) is 30.3 Å². The van der Waals surface area contributed by atoms with Crippen LogP contribution in [0.3, 0.4) is 0 Å². The van der Waals surface area contributed by atoms with Crippen molar-refractivity contribution in [3.05, 3.63) is 35.9 Å². The summed E-state index contributed by atoms with van der Waals surface area (Å²) in [5, 5.41) is 0. The molecule has 18 heavy (non-hydrogen) atoms. The van der Waals surface area contributed by atoms with E-state index in [0.717, 1.165) is 5.56 Å². The van der Waals surface area contributed by atoms with Crippen LogP contribution in [-0.2, 0) is 16.1 Å². The number of rotatable bonds is 6. The van der Waals surface area contributed by atoms with Gasteiger partial charge in [-0.05, 0) is 12.5 Å². The Bertz CT molecular complexity index is 346. The van der Waals surface area contributed by atoms with Crippen molar-refractivity contribution >= 4 is 18.3 Å². The van der Waals surface area contributed by atoms with E-state index < -0.39 is 6.10 Å². The maximum absolute atomic E-state index is 12.0. The minimum atomic E-state index is -0.426. The van der Waals surface area contributed by atoms with Gasteiger partial charge in [0.2, 0.25) is 0 Å². The number of benzene rings is 1. The number of carbonyl (C=O) groups is 1. The molecule has 0 aliphatic heterocycles. The molecule has 5 heteroatoms. The molecule has 1 aromatic carbocycles. The van der Waals surface area contributed by atoms with Crippen LogP contribution in [0, 0.1) is 0 Å². The van der Waals surface area contributed by atoms with Crippen molar-refractivity contribution in [3.8, 4) is 0 Å². The fourth-order valence-corrected chi connectivity index (χ4v) is 1.58. The number of amides is 1. The van der Waals surface area contributed by atoms with E-state index >= 15 is 0 Å². The third-order valence-electron chi connectivity index (χ3n) is 2.63. The van der Waals surface area contributed by atoms with Gasteiger partial charge >= 0.3 is 0 Å². The van der Waals surface area contributed by atoms with Crippen molar-refractivity contribution < 1.29 is 9.53 Å². The van der Waals surface area contributed by atoms with Crippen LogP contribution in [0.5, 0.6) is 0 Å². The zero-order chi connectivity index (χ0) is 12.7. The van der Waals surface area contributed by atoms with Gasteiger partial charge in [0.15, 0.2) is 0 Å². The van der Waals surface area contributed by atoms with E-state index in [1.54, 1.807) is 11.8 Å². The summed E-state index contributed by atoms with van der Waals surface area (Å²) in [6.45, 7) is 3.32. The smallest absolute Gasteiger partial charge is 0.251 e. The third-order valence-corrected chi connectivity index (χ3v) is 2.63. The first-order chi connectivity index (χ1) is 8.19. The molecule has 1 rings (SSSR count). The average Bonchev–Trinajstić information content (AvgIpc) is 2.37. The lowest BCUT2D eigenvalue weighted by Gasteiger charge is -2.24. The second-order valence-electron chi connectivity index (χ2n) is 3.91. The quantitative estimate of drug-likeness (QED) is 0.852. The number of nitrogens with zero attached hydrogens (tertiary/aromatic N) is 1. The fourth-order valence-electron chi connectivity index (χ4n) is 1.58. The number of halogens is 1. The summed E-state index contributed by atoms with van der Waals surface area (Å²) in [4.78, 5) is 13.7. The van der Waals surface area contributed by atoms with Crippen LogP contribution in [0.2, 0.25) is 0 Å². The molecule has 2 N–H and O–H groups in total. The highest BCUT2D eigenvalue weighted by molar-refractivity contribution is 5.85. The molecule has 0 saturated carbocycles. The minimum Gasteiger partial charge on any atom is -0.372 e. The molecular weight excluding hydrogens is 252 g/mol.